The minimum Gasteiger partial charge on any atom is -0.427 e. The first-order chi connectivity index (χ1) is 10.5. The van der Waals surface area contributed by atoms with Gasteiger partial charge in [0.05, 0.1) is 5.71 Å². The molecule has 7 nitrogen and oxygen atoms in total. The number of likely N-dealkylation sites (N-methyl/N-ethyl adjacent to an activating group) is 1. The second-order valence-corrected chi connectivity index (χ2v) is 4.80. The van der Waals surface area contributed by atoms with Crippen molar-refractivity contribution in [2.45, 2.75) is 6.92 Å². The van der Waals surface area contributed by atoms with E-state index in [0.717, 1.165) is 10.4 Å². The molecule has 0 atom stereocenters. The second-order valence-electron chi connectivity index (χ2n) is 4.80. The van der Waals surface area contributed by atoms with Gasteiger partial charge in [-0.1, -0.05) is 6.07 Å². The highest BCUT2D eigenvalue weighted by Crippen LogP contribution is 2.09. The first-order valence-corrected chi connectivity index (χ1v) is 6.63. The Hall–Kier alpha value is -2.96. The van der Waals surface area contributed by atoms with Crippen LogP contribution in [-0.4, -0.2) is 46.3 Å². The maximum absolute atomic E-state index is 11.3. The Morgan fingerprint density at radius 1 is 1.18 bits per heavy atom. The number of amides is 1. The maximum Gasteiger partial charge on any atom is 0.243 e. The summed E-state index contributed by atoms with van der Waals surface area (Å²) in [6.45, 7) is 1.38. The number of allylic oxidation sites excluding steroid dienone is 3. The molecule has 1 amide bonds. The molecule has 1 N–H and O–H groups in total. The quantitative estimate of drug-likeness (QED) is 0.502. The van der Waals surface area contributed by atoms with Gasteiger partial charge in [-0.2, -0.15) is 4.73 Å². The van der Waals surface area contributed by atoms with E-state index in [1.807, 2.05) is 25.1 Å². The van der Waals surface area contributed by atoms with Crippen LogP contribution in [0.2, 0.25) is 0 Å². The average molecular weight is 299 g/mol. The van der Waals surface area contributed by atoms with Gasteiger partial charge < -0.3 is 10.1 Å². The van der Waals surface area contributed by atoms with Crippen LogP contribution in [0.25, 0.3) is 0 Å². The van der Waals surface area contributed by atoms with Crippen LogP contribution in [0.5, 0.6) is 0 Å². The summed E-state index contributed by atoms with van der Waals surface area (Å²) in [6, 6.07) is 5.01. The molecule has 0 radical (unpaired) electrons. The predicted molar refractivity (Wildman–Crippen MR) is 83.6 cm³/mol. The van der Waals surface area contributed by atoms with Crippen molar-refractivity contribution in [2.24, 2.45) is 15.2 Å². The lowest BCUT2D eigenvalue weighted by atomic mass is 10.1. The van der Waals surface area contributed by atoms with Crippen molar-refractivity contribution in [3.05, 3.63) is 53.8 Å². The van der Waals surface area contributed by atoms with Gasteiger partial charge in [-0.15, -0.1) is 10.2 Å². The van der Waals surface area contributed by atoms with Crippen LogP contribution in [0.1, 0.15) is 6.92 Å². The highest BCUT2D eigenvalue weighted by molar-refractivity contribution is 6.52. The third kappa shape index (κ3) is 3.78. The zero-order chi connectivity index (χ0) is 16.1. The fourth-order valence-corrected chi connectivity index (χ4v) is 1.74. The Bertz CT molecular complexity index is 766. The third-order valence-corrected chi connectivity index (χ3v) is 2.83. The fourth-order valence-electron chi connectivity index (χ4n) is 1.74. The lowest BCUT2D eigenvalue weighted by Gasteiger charge is -2.17. The van der Waals surface area contributed by atoms with E-state index in [2.05, 4.69) is 15.2 Å². The van der Waals surface area contributed by atoms with Gasteiger partial charge >= 0.3 is 0 Å². The fraction of sp³-hybridized carbons (Fsp3) is 0.200. The molecule has 0 bridgehead atoms. The highest BCUT2D eigenvalue weighted by atomic mass is 16.5. The summed E-state index contributed by atoms with van der Waals surface area (Å²) in [7, 11) is 3.79. The Morgan fingerprint density at radius 3 is 2.59 bits per heavy atom. The van der Waals surface area contributed by atoms with Gasteiger partial charge in [-0.05, 0) is 30.4 Å². The van der Waals surface area contributed by atoms with E-state index in [9.17, 15) is 10.0 Å². The molecular formula is C15H17N5O2. The Balaban J connectivity index is 2.44. The minimum atomic E-state index is -0.315. The smallest absolute Gasteiger partial charge is 0.243 e. The van der Waals surface area contributed by atoms with Crippen molar-refractivity contribution in [1.29, 1.82) is 0 Å². The van der Waals surface area contributed by atoms with Gasteiger partial charge in [0.25, 0.3) is 0 Å². The standard InChI is InChI=1S/C15H17N5O2/c1-11(21)16-14-10-12(19(2)3)7-8-13(14)17-18-15-6-4-5-9-20(15)22/h4-10,22H,1-3H3/b16-14?,17-13-,18-15+. The third-order valence-electron chi connectivity index (χ3n) is 2.83. The lowest BCUT2D eigenvalue weighted by molar-refractivity contribution is -0.115. The van der Waals surface area contributed by atoms with E-state index in [-0.39, 0.29) is 11.4 Å². The highest BCUT2D eigenvalue weighted by Gasteiger charge is 2.12. The van der Waals surface area contributed by atoms with Crippen LogP contribution in [-0.2, 0) is 4.79 Å². The molecule has 0 spiro atoms. The summed E-state index contributed by atoms with van der Waals surface area (Å²) in [6.07, 6.45) is 6.79. The van der Waals surface area contributed by atoms with E-state index in [0.29, 0.717) is 11.4 Å². The second kappa shape index (κ2) is 6.66. The topological polar surface area (TPSA) is 82.5 Å². The molecular weight excluding hydrogens is 282 g/mol. The van der Waals surface area contributed by atoms with Crippen LogP contribution >= 0.6 is 0 Å². The first-order valence-electron chi connectivity index (χ1n) is 6.63. The molecule has 7 heteroatoms. The molecule has 0 fully saturated rings. The van der Waals surface area contributed by atoms with Crippen molar-refractivity contribution in [3.8, 4) is 0 Å². The Kier molecular flexibility index (Phi) is 4.67. The van der Waals surface area contributed by atoms with E-state index in [1.165, 1.54) is 13.1 Å². The van der Waals surface area contributed by atoms with Crippen molar-refractivity contribution < 1.29 is 10.0 Å². The zero-order valence-corrected chi connectivity index (χ0v) is 12.6. The molecule has 1 aromatic rings. The lowest BCUT2D eigenvalue weighted by Crippen LogP contribution is -2.21. The monoisotopic (exact) mass is 299 g/mol. The van der Waals surface area contributed by atoms with Crippen molar-refractivity contribution >= 4 is 17.3 Å². The van der Waals surface area contributed by atoms with Crippen molar-refractivity contribution in [2.75, 3.05) is 14.1 Å². The molecule has 0 aromatic carbocycles. The Morgan fingerprint density at radius 2 is 1.95 bits per heavy atom. The molecule has 1 heterocycles. The van der Waals surface area contributed by atoms with E-state index in [4.69, 9.17) is 0 Å². The summed E-state index contributed by atoms with van der Waals surface area (Å²) in [5.74, 6) is -0.315. The van der Waals surface area contributed by atoms with Gasteiger partial charge in [0, 0.05) is 32.9 Å². The largest absolute Gasteiger partial charge is 0.427 e. The van der Waals surface area contributed by atoms with E-state index in [1.54, 1.807) is 30.4 Å². The van der Waals surface area contributed by atoms with Crippen molar-refractivity contribution in [1.82, 2.24) is 9.63 Å². The van der Waals surface area contributed by atoms with Crippen LogP contribution < -0.4 is 5.49 Å². The van der Waals surface area contributed by atoms with Crippen LogP contribution in [0, 0.1) is 0 Å². The SMILES string of the molecule is CC(=O)N=C1C=C(N(C)C)C=C/C1=N/N=c1\ccccn1O. The average Bonchev–Trinajstić information content (AvgIpc) is 2.46. The number of hydrogen-bond acceptors (Lipinski definition) is 5. The van der Waals surface area contributed by atoms with Gasteiger partial charge in [-0.25, -0.2) is 4.99 Å². The summed E-state index contributed by atoms with van der Waals surface area (Å²) in [5, 5.41) is 17.6. The predicted octanol–water partition coefficient (Wildman–Crippen LogP) is 0.985. The van der Waals surface area contributed by atoms with Gasteiger partial charge in [0.15, 0.2) is 5.49 Å². The van der Waals surface area contributed by atoms with E-state index >= 15 is 0 Å². The summed E-state index contributed by atoms with van der Waals surface area (Å²) in [5.41, 5.74) is 2.05. The summed E-state index contributed by atoms with van der Waals surface area (Å²) >= 11 is 0. The summed E-state index contributed by atoms with van der Waals surface area (Å²) in [4.78, 5) is 17.1. The number of nitrogens with zero attached hydrogens (tertiary/aromatic N) is 5. The first kappa shape index (κ1) is 15.4. The normalized spacial score (nSPS) is 18.7. The van der Waals surface area contributed by atoms with E-state index < -0.39 is 0 Å². The van der Waals surface area contributed by atoms with Gasteiger partial charge in [0.2, 0.25) is 5.91 Å². The molecule has 2 rings (SSSR count). The number of hydrogen-bond donors (Lipinski definition) is 1. The molecule has 1 aliphatic carbocycles. The number of aliphatic imine (C=N–C) groups is 1. The molecule has 1 aromatic heterocycles. The number of carbonyl (C=O) groups is 1. The molecule has 0 saturated carbocycles. The number of rotatable bonds is 2. The molecule has 22 heavy (non-hydrogen) atoms. The van der Waals surface area contributed by atoms with Gasteiger partial charge in [-0.3, -0.25) is 4.79 Å². The van der Waals surface area contributed by atoms with Crippen LogP contribution in [0.15, 0.2) is 63.5 Å². The molecule has 114 valence electrons. The number of carbonyl (C=O) groups excluding carboxylic acids is 1. The Labute approximate surface area is 127 Å². The number of pyridine rings is 1. The molecule has 1 aliphatic rings. The van der Waals surface area contributed by atoms with Crippen molar-refractivity contribution in [3.63, 3.8) is 0 Å². The molecule has 0 unspecified atom stereocenters. The maximum atomic E-state index is 11.3. The summed E-state index contributed by atoms with van der Waals surface area (Å²) < 4.78 is 0.861. The molecule has 0 aliphatic heterocycles. The van der Waals surface area contributed by atoms with Crippen LogP contribution in [0.3, 0.4) is 0 Å². The number of aromatic nitrogens is 1. The molecule has 0 saturated heterocycles. The van der Waals surface area contributed by atoms with Crippen LogP contribution in [0.4, 0.5) is 0 Å². The minimum absolute atomic E-state index is 0.271. The zero-order valence-electron chi connectivity index (χ0n) is 12.6. The van der Waals surface area contributed by atoms with Gasteiger partial charge in [0.1, 0.15) is 5.71 Å².